The maximum absolute atomic E-state index is 12.4. The number of nitrogens with zero attached hydrogens (tertiary/aromatic N) is 1. The van der Waals surface area contributed by atoms with Crippen LogP contribution in [0.1, 0.15) is 15.9 Å². The first kappa shape index (κ1) is 19.7. The molecule has 3 rings (SSSR count). The van der Waals surface area contributed by atoms with E-state index < -0.39 is 41.6 Å². The molecule has 5 N–H and O–H groups in total. The highest BCUT2D eigenvalue weighted by molar-refractivity contribution is 7.91. The molecular weight excluding hydrogens is 412 g/mol. The summed E-state index contributed by atoms with van der Waals surface area (Å²) >= 11 is 0. The number of benzene rings is 2. The summed E-state index contributed by atoms with van der Waals surface area (Å²) in [7, 11) is -9.34. The summed E-state index contributed by atoms with van der Waals surface area (Å²) in [5.41, 5.74) is 5.03. The molecule has 1 aliphatic carbocycles. The van der Waals surface area contributed by atoms with E-state index in [1.54, 1.807) is 0 Å². The number of hydrogen-bond acceptors (Lipinski definition) is 8. The Bertz CT molecular complexity index is 1270. The minimum atomic E-state index is -4.92. The van der Waals surface area contributed by atoms with Crippen LogP contribution in [0.25, 0.3) is 0 Å². The summed E-state index contributed by atoms with van der Waals surface area (Å²) in [5, 5.41) is 10.1. The van der Waals surface area contributed by atoms with Gasteiger partial charge in [-0.15, -0.1) is 0 Å². The number of aromatic hydroxyl groups is 1. The molecule has 0 saturated carbocycles. The highest BCUT2D eigenvalue weighted by Gasteiger charge is 2.34. The average molecular weight is 424 g/mol. The van der Waals surface area contributed by atoms with Crippen molar-refractivity contribution in [2.75, 3.05) is 5.73 Å². The van der Waals surface area contributed by atoms with Crippen molar-refractivity contribution in [3.8, 4) is 5.75 Å². The second-order valence-corrected chi connectivity index (χ2v) is 8.51. The van der Waals surface area contributed by atoms with Gasteiger partial charge in [-0.05, 0) is 42.5 Å². The number of ketones is 1. The third kappa shape index (κ3) is 3.53. The van der Waals surface area contributed by atoms with Gasteiger partial charge < -0.3 is 10.8 Å². The van der Waals surface area contributed by atoms with E-state index in [-0.39, 0.29) is 28.2 Å². The molecule has 0 bridgehead atoms. The van der Waals surface area contributed by atoms with E-state index in [1.807, 2.05) is 0 Å². The Morgan fingerprint density at radius 2 is 1.46 bits per heavy atom. The lowest BCUT2D eigenvalue weighted by atomic mass is 9.91. The summed E-state index contributed by atoms with van der Waals surface area (Å²) in [6, 6.07) is 6.89. The number of carbonyl (C=O) groups is 1. The zero-order chi connectivity index (χ0) is 20.9. The van der Waals surface area contributed by atoms with Crippen molar-refractivity contribution in [2.24, 2.45) is 4.99 Å². The molecule has 2 aromatic carbocycles. The molecule has 2 aromatic rings. The van der Waals surface area contributed by atoms with Crippen LogP contribution in [0.3, 0.4) is 0 Å². The maximum atomic E-state index is 12.4. The molecule has 28 heavy (non-hydrogen) atoms. The van der Waals surface area contributed by atoms with Crippen molar-refractivity contribution in [1.82, 2.24) is 0 Å². The second-order valence-electron chi connectivity index (χ2n) is 5.70. The van der Waals surface area contributed by atoms with Crippen LogP contribution in [0, 0.1) is 0 Å². The minimum Gasteiger partial charge on any atom is -0.507 e. The molecule has 0 fully saturated rings. The fourth-order valence-corrected chi connectivity index (χ4v) is 3.69. The Labute approximate surface area is 159 Å². The van der Waals surface area contributed by atoms with Crippen LogP contribution in [0.5, 0.6) is 5.75 Å². The smallest absolute Gasteiger partial charge is 0.298 e. The van der Waals surface area contributed by atoms with Gasteiger partial charge in [0, 0.05) is 5.69 Å². The van der Waals surface area contributed by atoms with Crippen LogP contribution in [0.4, 0.5) is 11.4 Å². The lowest BCUT2D eigenvalue weighted by Gasteiger charge is -2.19. The number of Topliss-reactive ketones (excluding diaryl/α,β-unsaturated/α-hetero) is 1. The predicted molar refractivity (Wildman–Crippen MR) is 98.9 cm³/mol. The number of allylic oxidation sites excluding steroid dienone is 2. The second kappa shape index (κ2) is 6.53. The highest BCUT2D eigenvalue weighted by Crippen LogP contribution is 2.35. The molecule has 1 aliphatic rings. The number of hydrogen-bond donors (Lipinski definition) is 4. The largest absolute Gasteiger partial charge is 0.507 e. The molecule has 10 nitrogen and oxygen atoms in total. The van der Waals surface area contributed by atoms with Crippen LogP contribution in [0.2, 0.25) is 0 Å². The molecule has 0 heterocycles. The predicted octanol–water partition coefficient (Wildman–Crippen LogP) is 1.31. The van der Waals surface area contributed by atoms with E-state index in [4.69, 9.17) is 10.3 Å². The normalized spacial score (nSPS) is 16.0. The molecule has 0 atom stereocenters. The Hall–Kier alpha value is -3.06. The third-order valence-corrected chi connectivity index (χ3v) is 5.58. The lowest BCUT2D eigenvalue weighted by molar-refractivity contribution is 0.104. The summed E-state index contributed by atoms with van der Waals surface area (Å²) in [5.74, 6) is -1.51. The van der Waals surface area contributed by atoms with Gasteiger partial charge in [0.25, 0.3) is 20.2 Å². The van der Waals surface area contributed by atoms with Crippen LogP contribution < -0.4 is 5.73 Å². The Kier molecular flexibility index (Phi) is 4.59. The number of carbonyl (C=O) groups excluding carboxylic acids is 1. The minimum absolute atomic E-state index is 0.107. The van der Waals surface area contributed by atoms with Gasteiger partial charge >= 0.3 is 0 Å². The van der Waals surface area contributed by atoms with E-state index in [2.05, 4.69) is 4.99 Å². The molecule has 0 aromatic heterocycles. The Balaban J connectivity index is 2.26. The van der Waals surface area contributed by atoms with Crippen molar-refractivity contribution in [2.45, 2.75) is 4.90 Å². The van der Waals surface area contributed by atoms with Gasteiger partial charge in [0.05, 0.1) is 27.4 Å². The van der Waals surface area contributed by atoms with Gasteiger partial charge in [-0.2, -0.15) is 16.8 Å². The standard InChI is InChI=1S/C16H12N2O8S2/c17-10-5-6-12(19)15-11(7-13(28(24,25)26)16(20)14(10)15)18-8-1-3-9(4-2-8)27(21,22)23/h1-7,19H,17H2,(H,21,22,23)(H,24,25,26). The van der Waals surface area contributed by atoms with Gasteiger partial charge in [-0.25, -0.2) is 4.99 Å². The Morgan fingerprint density at radius 3 is 2.00 bits per heavy atom. The number of rotatable bonds is 3. The topological polar surface area (TPSA) is 184 Å². The van der Waals surface area contributed by atoms with Gasteiger partial charge in [0.1, 0.15) is 10.7 Å². The maximum Gasteiger partial charge on any atom is 0.298 e. The summed E-state index contributed by atoms with van der Waals surface area (Å²) in [6.07, 6.45) is 0.774. The molecule has 12 heteroatoms. The van der Waals surface area contributed by atoms with E-state index in [0.717, 1.165) is 18.2 Å². The summed E-state index contributed by atoms with van der Waals surface area (Å²) < 4.78 is 63.7. The molecule has 0 amide bonds. The third-order valence-electron chi connectivity index (χ3n) is 3.85. The van der Waals surface area contributed by atoms with E-state index in [9.17, 15) is 31.3 Å². The van der Waals surface area contributed by atoms with Crippen molar-refractivity contribution in [3.05, 3.63) is 58.5 Å². The van der Waals surface area contributed by atoms with E-state index in [0.29, 0.717) is 0 Å². The van der Waals surface area contributed by atoms with Crippen LogP contribution in [-0.2, 0) is 20.2 Å². The van der Waals surface area contributed by atoms with Gasteiger partial charge in [0.2, 0.25) is 5.78 Å². The molecule has 0 saturated heterocycles. The monoisotopic (exact) mass is 424 g/mol. The number of nitrogen functional groups attached to an aromatic ring is 1. The van der Waals surface area contributed by atoms with Gasteiger partial charge in [0.15, 0.2) is 0 Å². The number of phenolic OH excluding ortho intramolecular Hbond substituents is 1. The summed E-state index contributed by atoms with van der Waals surface area (Å²) in [6.45, 7) is 0. The van der Waals surface area contributed by atoms with Gasteiger partial charge in [-0.1, -0.05) is 0 Å². The first-order chi connectivity index (χ1) is 12.9. The van der Waals surface area contributed by atoms with Gasteiger partial charge in [-0.3, -0.25) is 13.9 Å². The number of fused-ring (bicyclic) bond motifs is 1. The molecule has 146 valence electrons. The lowest BCUT2D eigenvalue weighted by Crippen LogP contribution is -2.23. The molecule has 0 spiro atoms. The highest BCUT2D eigenvalue weighted by atomic mass is 32.2. The quantitative estimate of drug-likeness (QED) is 0.320. The zero-order valence-corrected chi connectivity index (χ0v) is 15.4. The summed E-state index contributed by atoms with van der Waals surface area (Å²) in [4.78, 5) is 15.2. The van der Waals surface area contributed by atoms with Crippen molar-refractivity contribution >= 4 is 43.1 Å². The first-order valence-corrected chi connectivity index (χ1v) is 10.3. The molecule has 0 radical (unpaired) electrons. The van der Waals surface area contributed by atoms with E-state index in [1.165, 1.54) is 24.3 Å². The van der Waals surface area contributed by atoms with Crippen molar-refractivity contribution in [1.29, 1.82) is 0 Å². The molecule has 0 unspecified atom stereocenters. The number of nitrogens with two attached hydrogens (primary N) is 1. The number of aliphatic imine (C=N–C) groups is 1. The van der Waals surface area contributed by atoms with Crippen LogP contribution in [0.15, 0.2) is 57.3 Å². The first-order valence-electron chi connectivity index (χ1n) is 7.41. The van der Waals surface area contributed by atoms with Crippen molar-refractivity contribution < 1.29 is 35.8 Å². The SMILES string of the molecule is Nc1ccc(O)c2c1C(=O)C(S(=O)(=O)O)=CC2=Nc1ccc(S(=O)(=O)O)cc1. The van der Waals surface area contributed by atoms with Crippen molar-refractivity contribution in [3.63, 3.8) is 0 Å². The fraction of sp³-hybridized carbons (Fsp3) is 0. The fourth-order valence-electron chi connectivity index (χ4n) is 2.61. The van der Waals surface area contributed by atoms with E-state index >= 15 is 0 Å². The number of anilines is 1. The number of phenols is 1. The average Bonchev–Trinajstić information content (AvgIpc) is 2.58. The Morgan fingerprint density at radius 1 is 0.857 bits per heavy atom. The van der Waals surface area contributed by atoms with Crippen LogP contribution in [-0.4, -0.2) is 42.5 Å². The molecule has 0 aliphatic heterocycles. The zero-order valence-electron chi connectivity index (χ0n) is 13.8. The van der Waals surface area contributed by atoms with Crippen LogP contribution >= 0.6 is 0 Å². The molecular formula is C16H12N2O8S2.